The van der Waals surface area contributed by atoms with E-state index in [-0.39, 0.29) is 113 Å². The number of para-hydroxylation sites is 1. The molecule has 0 unspecified atom stereocenters. The van der Waals surface area contributed by atoms with Crippen molar-refractivity contribution in [1.82, 2.24) is 99.6 Å². The van der Waals surface area contributed by atoms with Crippen LogP contribution in [0, 0.1) is 35.0 Å². The van der Waals surface area contributed by atoms with E-state index in [4.69, 9.17) is 22.6 Å². The molecule has 0 saturated carbocycles. The number of nitrogens with zero attached hydrogens (tertiary/aromatic N) is 2. The number of hydrogen-bond donors (Lipinski definition) is 25. The number of guanidine groups is 1. The number of nitrogens with one attached hydrogen (secondary N) is 18. The lowest BCUT2D eigenvalue weighted by Crippen LogP contribution is -2.61. The Balaban J connectivity index is 1.19. The first-order valence-corrected chi connectivity index (χ1v) is 47.9. The fraction of sp³-hybridized carbons (Fsp3) is 0.562. The minimum Gasteiger partial charge on any atom is -0.508 e. The lowest BCUT2D eigenvalue weighted by atomic mass is 9.95. The first-order chi connectivity index (χ1) is 66.8. The predicted octanol–water partition coefficient (Wildman–Crippen LogP) is -0.329. The first kappa shape index (κ1) is 116. The van der Waals surface area contributed by atoms with Crippen LogP contribution in [0.4, 0.5) is 0 Å². The Bertz CT molecular complexity index is 5060. The van der Waals surface area contributed by atoms with Gasteiger partial charge in [0.25, 0.3) is 0 Å². The van der Waals surface area contributed by atoms with Crippen molar-refractivity contribution in [2.24, 2.45) is 46.8 Å². The molecule has 45 heteroatoms. The summed E-state index contributed by atoms with van der Waals surface area (Å²) in [7, 11) is 0. The average molecular weight is 1970 g/mol. The maximum atomic E-state index is 14.9. The number of aromatic amines is 2. The van der Waals surface area contributed by atoms with E-state index in [0.717, 1.165) is 4.90 Å². The van der Waals surface area contributed by atoms with Crippen molar-refractivity contribution < 1.29 is 107 Å². The molecule has 5 aromatic rings. The van der Waals surface area contributed by atoms with Crippen LogP contribution in [-0.4, -0.2) is 270 Å². The summed E-state index contributed by atoms with van der Waals surface area (Å²) in [5, 5.41) is 88.0. The van der Waals surface area contributed by atoms with Crippen molar-refractivity contribution in [2.45, 2.75) is 289 Å². The highest BCUT2D eigenvalue weighted by Gasteiger charge is 2.43. The number of carboxylic acids is 3. The van der Waals surface area contributed by atoms with Gasteiger partial charge in [0.2, 0.25) is 88.6 Å². The van der Waals surface area contributed by atoms with E-state index in [9.17, 15) is 107 Å². The molecule has 1 saturated heterocycles. The standard InChI is InChI=1S/C96H143N23O22/c1-12-54(9)79(117-82(127)63(98)26-19-20-36-97)92(137)114-68(40-52(5)6)87(132)109-65(28-21-37-102-96(99)100)84(129)110-69(41-53(7)8)91(136)118-80(55(10)13-2)93(138)115-73(46-78(124)125)90(135)113-72(44-59-47-103-64-27-18-17-25-62(59)64)83(128)104-49-76(121)107-67(39-51(3)4)86(131)106-56(11)81(126)108-66(34-35-77(122)123)85(130)111-70(42-57-23-15-14-16-24-57)88(133)112-71(43-58-30-32-61(120)33-31-58)89(134)116-74(45-60-48-101-50-105-60)94(139)119-38-22-29-75(119)95(140)141/h14-18,23-25,27,30-33,47-48,50-56,63,65-75,79-80,103,120H,12-13,19-22,26,28-29,34-46,49,97-98H2,1-11H3,(H,101,105)(H,104,128)(H,106,131)(H,107,121)(H,108,126)(H,109,132)(H,110,129)(H,111,130)(H,112,133)(H,113,135)(H,114,137)(H,115,138)(H,116,134)(H,117,127)(H,118,136)(H,122,123)(H,124,125)(H,140,141)(H4,99,100,102)/t54-,55-,56-,63-,65-,66-,67-,68-,69-,70-,71-,72-,73-,74-,75-,79-,80-/m0/s1. The second-order valence-electron chi connectivity index (χ2n) is 37.1. The number of fused-ring (bicyclic) bond motifs is 1. The number of carbonyl (C=O) groups is 18. The maximum Gasteiger partial charge on any atom is 0.326 e. The molecule has 15 amide bonds. The van der Waals surface area contributed by atoms with E-state index in [1.807, 2.05) is 6.92 Å². The third-order valence-electron chi connectivity index (χ3n) is 24.1. The zero-order valence-corrected chi connectivity index (χ0v) is 81.8. The van der Waals surface area contributed by atoms with Gasteiger partial charge in [0.05, 0.1) is 25.3 Å². The number of phenols is 1. The maximum absolute atomic E-state index is 14.9. The van der Waals surface area contributed by atoms with Crippen LogP contribution in [0.3, 0.4) is 0 Å². The number of nitrogens with two attached hydrogens (primary N) is 3. The Labute approximate surface area is 818 Å². The zero-order chi connectivity index (χ0) is 104. The Kier molecular flexibility index (Phi) is 47.6. The van der Waals surface area contributed by atoms with E-state index in [2.05, 4.69) is 94.7 Å². The molecule has 3 aromatic carbocycles. The number of likely N-dealkylation sites (tertiary alicyclic amines) is 1. The SMILES string of the molecule is CC[C@H](C)[C@H](NC(=O)[C@H](CC(C)C)NC(=O)[C@H](CCCNC(=N)N)NC(=O)[C@H](CC(C)C)NC(=O)[C@@H](NC(=O)[C@@H](N)CCCCN)[C@@H](C)CC)C(=O)N[C@@H](CC(=O)O)C(=O)N[C@@H](Cc1c[nH]c2ccccc12)C(=O)NCC(=O)N[C@@H](CC(C)C)C(=O)N[C@@H](C)C(=O)N[C@@H](CCC(=O)O)C(=O)N[C@@H](Cc1ccccc1)C(=O)N[C@@H](Cc1ccc(O)cc1)C(=O)N[C@@H](Cc1cnc[nH]1)C(=O)N1CCC[C@H]1C(=O)O. The normalized spacial score (nSPS) is 15.8. The minimum atomic E-state index is -1.98. The number of carboxylic acid groups (broad SMARTS) is 3. The lowest BCUT2D eigenvalue weighted by molar-refractivity contribution is -0.149. The summed E-state index contributed by atoms with van der Waals surface area (Å²) < 4.78 is 0. The molecule has 774 valence electrons. The van der Waals surface area contributed by atoms with Gasteiger partial charge in [-0.3, -0.25) is 86.9 Å². The fourth-order valence-electron chi connectivity index (χ4n) is 15.9. The Morgan fingerprint density at radius 3 is 1.49 bits per heavy atom. The molecule has 1 aliphatic rings. The molecular weight excluding hydrogens is 1830 g/mol. The second-order valence-corrected chi connectivity index (χ2v) is 37.1. The van der Waals surface area contributed by atoms with Gasteiger partial charge < -0.3 is 132 Å². The quantitative estimate of drug-likeness (QED) is 0.0135. The molecule has 0 bridgehead atoms. The van der Waals surface area contributed by atoms with E-state index in [1.165, 1.54) is 43.7 Å². The van der Waals surface area contributed by atoms with Crippen molar-refractivity contribution in [3.8, 4) is 5.75 Å². The van der Waals surface area contributed by atoms with Crippen LogP contribution >= 0.6 is 0 Å². The Hall–Kier alpha value is -14.1. The third-order valence-corrected chi connectivity index (χ3v) is 24.1. The highest BCUT2D eigenvalue weighted by Crippen LogP contribution is 2.24. The molecule has 17 atom stereocenters. The monoisotopic (exact) mass is 1970 g/mol. The second kappa shape index (κ2) is 58.0. The summed E-state index contributed by atoms with van der Waals surface area (Å²) in [6.07, 6.45) is 3.37. The highest BCUT2D eigenvalue weighted by atomic mass is 16.4. The van der Waals surface area contributed by atoms with Gasteiger partial charge in [-0.25, -0.2) is 9.78 Å². The molecule has 0 spiro atoms. The van der Waals surface area contributed by atoms with Gasteiger partial charge in [-0.2, -0.15) is 0 Å². The number of aromatic hydroxyl groups is 1. The number of unbranched alkanes of at least 4 members (excludes halogenated alkanes) is 1. The molecule has 141 heavy (non-hydrogen) atoms. The number of benzene rings is 3. The number of hydrogen-bond acceptors (Lipinski definition) is 23. The van der Waals surface area contributed by atoms with Crippen LogP contribution in [0.5, 0.6) is 5.75 Å². The van der Waals surface area contributed by atoms with Gasteiger partial charge in [-0.1, -0.05) is 149 Å². The molecule has 1 aliphatic heterocycles. The van der Waals surface area contributed by atoms with Crippen molar-refractivity contribution in [2.75, 3.05) is 26.2 Å². The summed E-state index contributed by atoms with van der Waals surface area (Å²) in [6, 6.07) is -1.25. The summed E-state index contributed by atoms with van der Waals surface area (Å²) in [5.74, 6) is -20.8. The summed E-state index contributed by atoms with van der Waals surface area (Å²) >= 11 is 0. The summed E-state index contributed by atoms with van der Waals surface area (Å²) in [6.45, 7) is 18.2. The van der Waals surface area contributed by atoms with Crippen molar-refractivity contribution >= 4 is 123 Å². The third kappa shape index (κ3) is 38.9. The van der Waals surface area contributed by atoms with E-state index >= 15 is 0 Å². The fourth-order valence-corrected chi connectivity index (χ4v) is 15.9. The highest BCUT2D eigenvalue weighted by molar-refractivity contribution is 6.02. The molecular formula is C96H143N23O22. The van der Waals surface area contributed by atoms with E-state index < -0.39 is 235 Å². The molecule has 6 rings (SSSR count). The molecule has 1 fully saturated rings. The molecule has 0 radical (unpaired) electrons. The van der Waals surface area contributed by atoms with Gasteiger partial charge in [0.15, 0.2) is 5.96 Å². The summed E-state index contributed by atoms with van der Waals surface area (Å²) in [5.41, 5.74) is 19.7. The van der Waals surface area contributed by atoms with Crippen LogP contribution < -0.4 is 97.0 Å². The van der Waals surface area contributed by atoms with E-state index in [1.54, 1.807) is 123 Å². The summed E-state index contributed by atoms with van der Waals surface area (Å²) in [4.78, 5) is 266. The number of imidazole rings is 1. The van der Waals surface area contributed by atoms with Crippen molar-refractivity contribution in [1.29, 1.82) is 5.41 Å². The number of H-pyrrole nitrogens is 2. The predicted molar refractivity (Wildman–Crippen MR) is 519 cm³/mol. The largest absolute Gasteiger partial charge is 0.508 e. The van der Waals surface area contributed by atoms with Crippen LogP contribution in [0.15, 0.2) is 97.6 Å². The number of aliphatic carboxylic acids is 3. The number of phenolic OH excluding ortho intramolecular Hbond substituents is 1. The lowest BCUT2D eigenvalue weighted by Gasteiger charge is -2.30. The number of amides is 15. The van der Waals surface area contributed by atoms with Crippen molar-refractivity contribution in [3.63, 3.8) is 0 Å². The number of aromatic nitrogens is 3. The van der Waals surface area contributed by atoms with E-state index in [0.29, 0.717) is 71.9 Å². The van der Waals surface area contributed by atoms with Gasteiger partial charge in [-0.05, 0) is 142 Å². The van der Waals surface area contributed by atoms with Gasteiger partial charge in [0, 0.05) is 74.2 Å². The Morgan fingerprint density at radius 1 is 0.475 bits per heavy atom. The van der Waals surface area contributed by atoms with Gasteiger partial charge in [-0.15, -0.1) is 0 Å². The van der Waals surface area contributed by atoms with Gasteiger partial charge in [0.1, 0.15) is 90.3 Å². The zero-order valence-electron chi connectivity index (χ0n) is 81.8. The van der Waals surface area contributed by atoms with Gasteiger partial charge >= 0.3 is 17.9 Å². The number of rotatable bonds is 61. The molecule has 3 heterocycles. The van der Waals surface area contributed by atoms with Crippen molar-refractivity contribution in [3.05, 3.63) is 120 Å². The molecule has 28 N–H and O–H groups in total. The minimum absolute atomic E-state index is 0.0605. The number of carbonyl (C=O) groups excluding carboxylic acids is 15. The first-order valence-electron chi connectivity index (χ1n) is 47.9. The van der Waals surface area contributed by atoms with Crippen LogP contribution in [0.2, 0.25) is 0 Å². The van der Waals surface area contributed by atoms with Crippen LogP contribution in [0.25, 0.3) is 10.9 Å². The molecule has 2 aromatic heterocycles. The van der Waals surface area contributed by atoms with Crippen LogP contribution in [-0.2, 0) is 112 Å². The molecule has 45 nitrogen and oxygen atoms in total. The Morgan fingerprint density at radius 2 is 0.950 bits per heavy atom. The molecule has 0 aliphatic carbocycles. The smallest absolute Gasteiger partial charge is 0.326 e. The topological polar surface area (TPSA) is 718 Å². The van der Waals surface area contributed by atoms with Crippen LogP contribution in [0.1, 0.15) is 195 Å². The average Bonchev–Trinajstić information content (AvgIpc) is 1.71.